The molecule has 114 valence electrons. The summed E-state index contributed by atoms with van der Waals surface area (Å²) >= 11 is 0. The summed E-state index contributed by atoms with van der Waals surface area (Å²) in [5, 5.41) is 18.0. The number of nitriles is 1. The molecule has 0 aliphatic carbocycles. The van der Waals surface area contributed by atoms with E-state index in [9.17, 15) is 9.18 Å². The van der Waals surface area contributed by atoms with E-state index >= 15 is 0 Å². The topological polar surface area (TPSA) is 97.4 Å². The fourth-order valence-electron chi connectivity index (χ4n) is 2.15. The second-order valence-corrected chi connectivity index (χ2v) is 5.02. The van der Waals surface area contributed by atoms with Gasteiger partial charge in [-0.25, -0.2) is 4.39 Å². The number of hydrogen-bond acceptors (Lipinski definition) is 3. The van der Waals surface area contributed by atoms with Crippen LogP contribution in [0, 0.1) is 24.1 Å². The molecule has 0 atom stereocenters. The van der Waals surface area contributed by atoms with Crippen LogP contribution in [0.2, 0.25) is 0 Å². The second-order valence-electron chi connectivity index (χ2n) is 5.02. The summed E-state index contributed by atoms with van der Waals surface area (Å²) in [5.41, 5.74) is 2.37. The number of nitrogens with one attached hydrogen (secondary N) is 3. The molecule has 0 bridgehead atoms. The Hall–Kier alpha value is -3.40. The molecule has 0 spiro atoms. The summed E-state index contributed by atoms with van der Waals surface area (Å²) in [4.78, 5) is 14.7. The molecule has 1 amide bonds. The average molecular weight is 309 g/mol. The third-order valence-electron chi connectivity index (χ3n) is 3.30. The van der Waals surface area contributed by atoms with E-state index in [1.807, 2.05) is 13.0 Å². The van der Waals surface area contributed by atoms with Gasteiger partial charge in [0.05, 0.1) is 11.3 Å². The maximum absolute atomic E-state index is 13.9. The number of H-pyrrole nitrogens is 2. The number of nitrogens with zero attached hydrogens (tertiary/aromatic N) is 2. The van der Waals surface area contributed by atoms with E-state index in [0.29, 0.717) is 22.5 Å². The van der Waals surface area contributed by atoms with Crippen LogP contribution in [0.15, 0.2) is 36.5 Å². The Balaban J connectivity index is 1.81. The summed E-state index contributed by atoms with van der Waals surface area (Å²) < 4.78 is 13.9. The van der Waals surface area contributed by atoms with E-state index in [1.54, 1.807) is 18.2 Å². The minimum atomic E-state index is -0.412. The Morgan fingerprint density at radius 2 is 2.17 bits per heavy atom. The molecule has 3 rings (SSSR count). The number of aromatic amines is 2. The van der Waals surface area contributed by atoms with E-state index in [1.165, 1.54) is 18.3 Å². The van der Waals surface area contributed by atoms with Gasteiger partial charge >= 0.3 is 0 Å². The number of anilines is 1. The van der Waals surface area contributed by atoms with Crippen molar-refractivity contribution >= 4 is 11.7 Å². The Morgan fingerprint density at radius 1 is 1.35 bits per heavy atom. The molecule has 0 radical (unpaired) electrons. The summed E-state index contributed by atoms with van der Waals surface area (Å²) in [5.74, 6) is -0.516. The van der Waals surface area contributed by atoms with E-state index in [0.717, 1.165) is 5.56 Å². The average Bonchev–Trinajstić information content (AvgIpc) is 3.18. The van der Waals surface area contributed by atoms with Crippen molar-refractivity contribution in [1.29, 1.82) is 5.26 Å². The molecule has 23 heavy (non-hydrogen) atoms. The molecule has 3 N–H and O–H groups in total. The first-order valence-electron chi connectivity index (χ1n) is 6.78. The molecule has 6 nitrogen and oxygen atoms in total. The zero-order valence-electron chi connectivity index (χ0n) is 12.1. The van der Waals surface area contributed by atoms with Crippen molar-refractivity contribution < 1.29 is 9.18 Å². The number of hydrogen-bond donors (Lipinski definition) is 3. The predicted molar refractivity (Wildman–Crippen MR) is 82.2 cm³/mol. The molecule has 0 aliphatic rings. The second kappa shape index (κ2) is 5.77. The Morgan fingerprint density at radius 3 is 2.91 bits per heavy atom. The normalized spacial score (nSPS) is 10.3. The van der Waals surface area contributed by atoms with Crippen LogP contribution in [-0.4, -0.2) is 21.1 Å². The predicted octanol–water partition coefficient (Wildman–Crippen LogP) is 2.98. The number of halogens is 1. The summed E-state index contributed by atoms with van der Waals surface area (Å²) in [6.45, 7) is 1.86. The highest BCUT2D eigenvalue weighted by atomic mass is 19.1. The Kier molecular flexibility index (Phi) is 3.65. The highest BCUT2D eigenvalue weighted by molar-refractivity contribution is 6.04. The van der Waals surface area contributed by atoms with Gasteiger partial charge in [0.1, 0.15) is 17.6 Å². The van der Waals surface area contributed by atoms with Crippen LogP contribution < -0.4 is 5.32 Å². The maximum Gasteiger partial charge on any atom is 0.258 e. The van der Waals surface area contributed by atoms with Gasteiger partial charge in [-0.2, -0.15) is 10.4 Å². The molecule has 1 aromatic carbocycles. The molecule has 2 aromatic heterocycles. The number of benzene rings is 1. The number of carbonyl (C=O) groups excluding carboxylic acids is 1. The van der Waals surface area contributed by atoms with Gasteiger partial charge in [-0.1, -0.05) is 11.6 Å². The molecule has 7 heteroatoms. The fraction of sp³-hybridized carbons (Fsp3) is 0.0625. The van der Waals surface area contributed by atoms with Crippen LogP contribution in [0.4, 0.5) is 10.2 Å². The van der Waals surface area contributed by atoms with Crippen LogP contribution in [0.3, 0.4) is 0 Å². The van der Waals surface area contributed by atoms with Gasteiger partial charge in [0.15, 0.2) is 5.82 Å². The van der Waals surface area contributed by atoms with Crippen molar-refractivity contribution in [2.75, 3.05) is 5.32 Å². The first kappa shape index (κ1) is 14.5. The van der Waals surface area contributed by atoms with Crippen molar-refractivity contribution in [2.24, 2.45) is 0 Å². The smallest absolute Gasteiger partial charge is 0.258 e. The van der Waals surface area contributed by atoms with Gasteiger partial charge in [0.2, 0.25) is 0 Å². The highest BCUT2D eigenvalue weighted by Crippen LogP contribution is 2.24. The van der Waals surface area contributed by atoms with Gasteiger partial charge < -0.3 is 10.3 Å². The SMILES string of the molecule is Cc1ccc(F)c(-c2cc(NC(=O)c3c[nH]c(C#N)c3)n[nH]2)c1. The van der Waals surface area contributed by atoms with Gasteiger partial charge in [0.25, 0.3) is 5.91 Å². The largest absolute Gasteiger partial charge is 0.352 e. The number of aromatic nitrogens is 3. The van der Waals surface area contributed by atoms with Gasteiger partial charge in [-0.15, -0.1) is 0 Å². The third-order valence-corrected chi connectivity index (χ3v) is 3.30. The highest BCUT2D eigenvalue weighted by Gasteiger charge is 2.13. The third kappa shape index (κ3) is 2.96. The minimum Gasteiger partial charge on any atom is -0.352 e. The van der Waals surface area contributed by atoms with Crippen LogP contribution in [0.5, 0.6) is 0 Å². The molecule has 0 aliphatic heterocycles. The lowest BCUT2D eigenvalue weighted by atomic mass is 10.1. The molecule has 0 unspecified atom stereocenters. The standard InChI is InChI=1S/C16H12FN5O/c1-9-2-3-13(17)12(4-9)14-6-15(22-21-14)20-16(23)10-5-11(7-18)19-8-10/h2-6,8,19H,1H3,(H2,20,21,22,23). The van der Waals surface area contributed by atoms with E-state index in [2.05, 4.69) is 20.5 Å². The molecule has 0 saturated heterocycles. The number of aryl methyl sites for hydroxylation is 1. The Bertz CT molecular complexity index is 919. The van der Waals surface area contributed by atoms with Gasteiger partial charge in [-0.3, -0.25) is 9.89 Å². The summed E-state index contributed by atoms with van der Waals surface area (Å²) in [7, 11) is 0. The van der Waals surface area contributed by atoms with Crippen molar-refractivity contribution in [3.8, 4) is 17.3 Å². The lowest BCUT2D eigenvalue weighted by Crippen LogP contribution is -2.11. The van der Waals surface area contributed by atoms with Crippen molar-refractivity contribution in [2.45, 2.75) is 6.92 Å². The first-order chi connectivity index (χ1) is 11.1. The van der Waals surface area contributed by atoms with Gasteiger partial charge in [0, 0.05) is 17.8 Å². The van der Waals surface area contributed by atoms with Gasteiger partial charge in [-0.05, 0) is 25.1 Å². The van der Waals surface area contributed by atoms with Crippen LogP contribution in [0.25, 0.3) is 11.3 Å². The van der Waals surface area contributed by atoms with Crippen molar-refractivity contribution in [3.63, 3.8) is 0 Å². The number of rotatable bonds is 3. The molecular formula is C16H12FN5O. The fourth-order valence-corrected chi connectivity index (χ4v) is 2.15. The van der Waals surface area contributed by atoms with Crippen LogP contribution >= 0.6 is 0 Å². The van der Waals surface area contributed by atoms with Crippen LogP contribution in [-0.2, 0) is 0 Å². The Labute approximate surface area is 131 Å². The maximum atomic E-state index is 13.9. The minimum absolute atomic E-state index is 0.269. The summed E-state index contributed by atoms with van der Waals surface area (Å²) in [6.07, 6.45) is 1.43. The lowest BCUT2D eigenvalue weighted by molar-refractivity contribution is 0.102. The van der Waals surface area contributed by atoms with E-state index < -0.39 is 5.91 Å². The molecular weight excluding hydrogens is 297 g/mol. The molecule has 0 saturated carbocycles. The molecule has 2 heterocycles. The summed E-state index contributed by atoms with van der Waals surface area (Å²) in [6, 6.07) is 9.64. The van der Waals surface area contributed by atoms with Crippen LogP contribution in [0.1, 0.15) is 21.6 Å². The van der Waals surface area contributed by atoms with E-state index in [4.69, 9.17) is 5.26 Å². The number of amides is 1. The first-order valence-corrected chi connectivity index (χ1v) is 6.78. The van der Waals surface area contributed by atoms with E-state index in [-0.39, 0.29) is 11.6 Å². The van der Waals surface area contributed by atoms with Crippen molar-refractivity contribution in [1.82, 2.24) is 15.2 Å². The van der Waals surface area contributed by atoms with Crippen molar-refractivity contribution in [3.05, 3.63) is 59.2 Å². The zero-order chi connectivity index (χ0) is 16.4. The molecule has 0 fully saturated rings. The monoisotopic (exact) mass is 309 g/mol. The quantitative estimate of drug-likeness (QED) is 0.693. The lowest BCUT2D eigenvalue weighted by Gasteiger charge is -2.01. The zero-order valence-corrected chi connectivity index (χ0v) is 12.1. The number of carbonyl (C=O) groups is 1. The molecule has 3 aromatic rings.